The van der Waals surface area contributed by atoms with Gasteiger partial charge in [0, 0.05) is 6.54 Å². The highest BCUT2D eigenvalue weighted by Crippen LogP contribution is 2.20. The molecule has 4 atom stereocenters. The molecule has 0 radical (unpaired) electrons. The normalized spacial score (nSPS) is 21.8. The van der Waals surface area contributed by atoms with Crippen LogP contribution in [0.1, 0.15) is 47.0 Å². The maximum absolute atomic E-state index is 12.5. The number of nitrogens with zero attached hydrogens (tertiary/aromatic N) is 1. The average Bonchev–Trinajstić information content (AvgIpc) is 2.99. The Kier molecular flexibility index (Phi) is 7.00. The number of carboxylic acid groups (broad SMARTS) is 1. The first-order valence-electron chi connectivity index (χ1n) is 8.29. The number of hydrogen-bond acceptors (Lipinski definition) is 4. The topological polar surface area (TPSA) is 113 Å². The molecule has 0 saturated carbocycles. The number of rotatable bonds is 7. The van der Waals surface area contributed by atoms with E-state index in [4.69, 9.17) is 5.73 Å². The average molecular weight is 327 g/mol. The van der Waals surface area contributed by atoms with Gasteiger partial charge in [-0.25, -0.2) is 4.79 Å². The van der Waals surface area contributed by atoms with Crippen molar-refractivity contribution in [1.29, 1.82) is 0 Å². The molecule has 4 N–H and O–H groups in total. The molecule has 2 amide bonds. The van der Waals surface area contributed by atoms with Crippen molar-refractivity contribution in [3.8, 4) is 0 Å². The van der Waals surface area contributed by atoms with Crippen molar-refractivity contribution in [1.82, 2.24) is 10.2 Å². The minimum absolute atomic E-state index is 0.0151. The smallest absolute Gasteiger partial charge is 0.326 e. The lowest BCUT2D eigenvalue weighted by molar-refractivity contribution is -0.145. The summed E-state index contributed by atoms with van der Waals surface area (Å²) >= 11 is 0. The molecular formula is C16H29N3O4. The molecule has 1 aliphatic heterocycles. The third-order valence-electron chi connectivity index (χ3n) is 4.62. The van der Waals surface area contributed by atoms with Gasteiger partial charge in [0.25, 0.3) is 0 Å². The van der Waals surface area contributed by atoms with Crippen LogP contribution in [0.3, 0.4) is 0 Å². The maximum atomic E-state index is 12.5. The number of carboxylic acids is 1. The highest BCUT2D eigenvalue weighted by atomic mass is 16.4. The van der Waals surface area contributed by atoms with Crippen LogP contribution in [0.2, 0.25) is 0 Å². The van der Waals surface area contributed by atoms with Crippen LogP contribution >= 0.6 is 0 Å². The SMILES string of the molecule is CCC(C)C(NC(=O)C1CCCN1C(=O)C(N)C(C)C)C(=O)O. The van der Waals surface area contributed by atoms with E-state index in [1.54, 1.807) is 6.92 Å². The second-order valence-electron chi connectivity index (χ2n) is 6.67. The molecule has 0 aromatic carbocycles. The van der Waals surface area contributed by atoms with E-state index < -0.39 is 30.0 Å². The first-order chi connectivity index (χ1) is 10.7. The fourth-order valence-electron chi connectivity index (χ4n) is 2.71. The van der Waals surface area contributed by atoms with E-state index in [1.165, 1.54) is 4.90 Å². The summed E-state index contributed by atoms with van der Waals surface area (Å²) in [6, 6.07) is -2.21. The quantitative estimate of drug-likeness (QED) is 0.633. The molecule has 1 fully saturated rings. The molecule has 0 spiro atoms. The van der Waals surface area contributed by atoms with Crippen molar-refractivity contribution >= 4 is 17.8 Å². The number of carbonyl (C=O) groups is 3. The van der Waals surface area contributed by atoms with Crippen molar-refractivity contribution < 1.29 is 19.5 Å². The Morgan fingerprint density at radius 2 is 1.91 bits per heavy atom. The first kappa shape index (κ1) is 19.4. The second kappa shape index (κ2) is 8.29. The van der Waals surface area contributed by atoms with Gasteiger partial charge in [-0.15, -0.1) is 0 Å². The molecule has 1 rings (SSSR count). The molecule has 4 unspecified atom stereocenters. The Bertz CT molecular complexity index is 453. The summed E-state index contributed by atoms with van der Waals surface area (Å²) in [5.74, 6) is -1.89. The van der Waals surface area contributed by atoms with E-state index in [0.29, 0.717) is 19.4 Å². The molecule has 0 aromatic heterocycles. The zero-order valence-corrected chi connectivity index (χ0v) is 14.4. The van der Waals surface area contributed by atoms with Crippen LogP contribution in [-0.2, 0) is 14.4 Å². The summed E-state index contributed by atoms with van der Waals surface area (Å²) in [5.41, 5.74) is 5.90. The predicted molar refractivity (Wildman–Crippen MR) is 86.6 cm³/mol. The van der Waals surface area contributed by atoms with Gasteiger partial charge in [-0.3, -0.25) is 9.59 Å². The van der Waals surface area contributed by atoms with Gasteiger partial charge in [0.2, 0.25) is 11.8 Å². The van der Waals surface area contributed by atoms with E-state index in [1.807, 2.05) is 20.8 Å². The number of likely N-dealkylation sites (tertiary alicyclic amines) is 1. The Balaban J connectivity index is 2.81. The summed E-state index contributed by atoms with van der Waals surface area (Å²) in [4.78, 5) is 37.7. The highest BCUT2D eigenvalue weighted by molar-refractivity contribution is 5.92. The molecule has 1 heterocycles. The summed E-state index contributed by atoms with van der Waals surface area (Å²) in [5, 5.41) is 11.9. The van der Waals surface area contributed by atoms with Crippen molar-refractivity contribution in [3.05, 3.63) is 0 Å². The van der Waals surface area contributed by atoms with Gasteiger partial charge in [-0.2, -0.15) is 0 Å². The maximum Gasteiger partial charge on any atom is 0.326 e. The molecule has 0 bridgehead atoms. The van der Waals surface area contributed by atoms with E-state index in [-0.39, 0.29) is 17.7 Å². The molecule has 7 heteroatoms. The van der Waals surface area contributed by atoms with Crippen LogP contribution < -0.4 is 11.1 Å². The van der Waals surface area contributed by atoms with Gasteiger partial charge in [-0.1, -0.05) is 34.1 Å². The van der Waals surface area contributed by atoms with Crippen LogP contribution in [0.15, 0.2) is 0 Å². The van der Waals surface area contributed by atoms with Crippen LogP contribution in [-0.4, -0.2) is 52.5 Å². The number of aliphatic carboxylic acids is 1. The van der Waals surface area contributed by atoms with Gasteiger partial charge in [0.1, 0.15) is 12.1 Å². The Hall–Kier alpha value is -1.63. The summed E-state index contributed by atoms with van der Waals surface area (Å²) in [6.07, 6.45) is 1.90. The Morgan fingerprint density at radius 3 is 2.39 bits per heavy atom. The number of amides is 2. The number of nitrogens with two attached hydrogens (primary N) is 1. The largest absolute Gasteiger partial charge is 0.480 e. The third-order valence-corrected chi connectivity index (χ3v) is 4.62. The van der Waals surface area contributed by atoms with E-state index in [2.05, 4.69) is 5.32 Å². The van der Waals surface area contributed by atoms with Gasteiger partial charge in [0.15, 0.2) is 0 Å². The number of carbonyl (C=O) groups excluding carboxylic acids is 2. The molecule has 7 nitrogen and oxygen atoms in total. The lowest BCUT2D eigenvalue weighted by Gasteiger charge is -2.29. The molecule has 1 saturated heterocycles. The minimum atomic E-state index is -1.05. The van der Waals surface area contributed by atoms with E-state index in [9.17, 15) is 19.5 Å². The fraction of sp³-hybridized carbons (Fsp3) is 0.812. The number of hydrogen-bond donors (Lipinski definition) is 3. The van der Waals surface area contributed by atoms with Crippen LogP contribution in [0, 0.1) is 11.8 Å². The lowest BCUT2D eigenvalue weighted by atomic mass is 9.98. The van der Waals surface area contributed by atoms with Crippen LogP contribution in [0.25, 0.3) is 0 Å². The Morgan fingerprint density at radius 1 is 1.30 bits per heavy atom. The second-order valence-corrected chi connectivity index (χ2v) is 6.67. The first-order valence-corrected chi connectivity index (χ1v) is 8.29. The van der Waals surface area contributed by atoms with Crippen molar-refractivity contribution in [2.45, 2.75) is 65.1 Å². The molecule has 0 aliphatic carbocycles. The van der Waals surface area contributed by atoms with Crippen LogP contribution in [0.4, 0.5) is 0 Å². The highest BCUT2D eigenvalue weighted by Gasteiger charge is 2.38. The fourth-order valence-corrected chi connectivity index (χ4v) is 2.71. The van der Waals surface area contributed by atoms with E-state index >= 15 is 0 Å². The molecule has 0 aromatic rings. The molecule has 1 aliphatic rings. The standard InChI is InChI=1S/C16H29N3O4/c1-5-10(4)13(16(22)23)18-14(20)11-7-6-8-19(11)15(21)12(17)9(2)3/h9-13H,5-8,17H2,1-4H3,(H,18,20)(H,22,23). The molecular weight excluding hydrogens is 298 g/mol. The van der Waals surface area contributed by atoms with Crippen molar-refractivity contribution in [2.24, 2.45) is 17.6 Å². The van der Waals surface area contributed by atoms with Crippen molar-refractivity contribution in [3.63, 3.8) is 0 Å². The summed E-state index contributed by atoms with van der Waals surface area (Å²) < 4.78 is 0. The number of nitrogens with one attached hydrogen (secondary N) is 1. The lowest BCUT2D eigenvalue weighted by Crippen LogP contribution is -2.55. The van der Waals surface area contributed by atoms with Gasteiger partial charge in [0.05, 0.1) is 6.04 Å². The van der Waals surface area contributed by atoms with E-state index in [0.717, 1.165) is 6.42 Å². The molecule has 132 valence electrons. The minimum Gasteiger partial charge on any atom is -0.480 e. The van der Waals surface area contributed by atoms with Crippen molar-refractivity contribution in [2.75, 3.05) is 6.54 Å². The van der Waals surface area contributed by atoms with Gasteiger partial charge < -0.3 is 21.1 Å². The zero-order chi connectivity index (χ0) is 17.7. The van der Waals surface area contributed by atoms with Crippen LogP contribution in [0.5, 0.6) is 0 Å². The van der Waals surface area contributed by atoms with Gasteiger partial charge in [-0.05, 0) is 24.7 Å². The predicted octanol–water partition coefficient (Wildman–Crippen LogP) is 0.576. The summed E-state index contributed by atoms with van der Waals surface area (Å²) in [7, 11) is 0. The monoisotopic (exact) mass is 327 g/mol. The Labute approximate surface area is 137 Å². The third kappa shape index (κ3) is 4.67. The zero-order valence-electron chi connectivity index (χ0n) is 14.4. The summed E-state index contributed by atoms with van der Waals surface area (Å²) in [6.45, 7) is 7.86. The molecule has 23 heavy (non-hydrogen) atoms. The van der Waals surface area contributed by atoms with Gasteiger partial charge >= 0.3 is 5.97 Å².